The summed E-state index contributed by atoms with van der Waals surface area (Å²) in [6.07, 6.45) is 2.33. The van der Waals surface area contributed by atoms with Crippen molar-refractivity contribution in [1.82, 2.24) is 0 Å². The van der Waals surface area contributed by atoms with Crippen LogP contribution in [0.1, 0.15) is 48.3 Å². The molecule has 2 aliphatic rings. The molecule has 0 fully saturated rings. The minimum atomic E-state index is -0.221. The molecule has 0 N–H and O–H groups in total. The number of allylic oxidation sites excluding steroid dienone is 2. The summed E-state index contributed by atoms with van der Waals surface area (Å²) in [6, 6.07) is 23.3. The van der Waals surface area contributed by atoms with E-state index in [1.54, 1.807) is 4.90 Å². The molecule has 1 amide bonds. The smallest absolute Gasteiger partial charge is 0.232 e. The van der Waals surface area contributed by atoms with Crippen LogP contribution in [-0.2, 0) is 16.2 Å². The zero-order chi connectivity index (χ0) is 23.7. The second-order valence-corrected chi connectivity index (χ2v) is 9.38. The molecule has 172 valence electrons. The van der Waals surface area contributed by atoms with Crippen LogP contribution in [0.2, 0.25) is 5.02 Å². The number of hydrogen-bond donors (Lipinski definition) is 0. The molecule has 5 rings (SSSR count). The molecule has 1 aliphatic heterocycles. The van der Waals surface area contributed by atoms with E-state index in [9.17, 15) is 9.59 Å². The summed E-state index contributed by atoms with van der Waals surface area (Å²) in [5, 5.41) is 0.696. The first-order valence-corrected chi connectivity index (χ1v) is 12.0. The van der Waals surface area contributed by atoms with Gasteiger partial charge < -0.3 is 4.74 Å². The third-order valence-electron chi connectivity index (χ3n) is 6.54. The topological polar surface area (TPSA) is 46.6 Å². The van der Waals surface area contributed by atoms with Gasteiger partial charge in [0.15, 0.2) is 5.78 Å². The van der Waals surface area contributed by atoms with Crippen molar-refractivity contribution in [1.29, 1.82) is 0 Å². The normalized spacial score (nSPS) is 18.2. The van der Waals surface area contributed by atoms with Gasteiger partial charge in [-0.25, -0.2) is 0 Å². The standard InChI is InChI=1S/C29H26ClNO3/c1-19-4-2-5-23(16-19)31-26-6-3-7-27(32)29(26)25(17-28(31)33)21-10-14-24(15-11-21)34-18-20-8-12-22(30)13-9-20/h2,4-5,8-16,25H,3,6-7,17-18H2,1H3. The van der Waals surface area contributed by atoms with Crippen LogP contribution >= 0.6 is 11.6 Å². The average Bonchev–Trinajstić information content (AvgIpc) is 2.83. The van der Waals surface area contributed by atoms with Gasteiger partial charge >= 0.3 is 0 Å². The molecule has 3 aromatic carbocycles. The second kappa shape index (κ2) is 9.47. The van der Waals surface area contributed by atoms with Crippen molar-refractivity contribution < 1.29 is 14.3 Å². The number of anilines is 1. The molecule has 0 aromatic heterocycles. The number of carbonyl (C=O) groups excluding carboxylic acids is 2. The highest BCUT2D eigenvalue weighted by molar-refractivity contribution is 6.30. The van der Waals surface area contributed by atoms with E-state index >= 15 is 0 Å². The Kier molecular flexibility index (Phi) is 6.25. The van der Waals surface area contributed by atoms with Gasteiger partial charge in [0.05, 0.1) is 0 Å². The number of Topliss-reactive ketones (excluding diaryl/α,β-unsaturated/α-hetero) is 1. The second-order valence-electron chi connectivity index (χ2n) is 8.95. The van der Waals surface area contributed by atoms with Crippen LogP contribution in [0.3, 0.4) is 0 Å². The Morgan fingerprint density at radius 3 is 2.47 bits per heavy atom. The number of benzene rings is 3. The van der Waals surface area contributed by atoms with Crippen LogP contribution < -0.4 is 9.64 Å². The first kappa shape index (κ1) is 22.4. The molecular weight excluding hydrogens is 446 g/mol. The van der Waals surface area contributed by atoms with Crippen molar-refractivity contribution in [3.05, 3.63) is 106 Å². The number of rotatable bonds is 5. The maximum Gasteiger partial charge on any atom is 0.232 e. The number of nitrogens with zero attached hydrogens (tertiary/aromatic N) is 1. The minimum absolute atomic E-state index is 0.0344. The first-order chi connectivity index (χ1) is 16.5. The van der Waals surface area contributed by atoms with Crippen molar-refractivity contribution in [2.24, 2.45) is 0 Å². The number of hydrogen-bond acceptors (Lipinski definition) is 3. The van der Waals surface area contributed by atoms with Gasteiger partial charge in [0, 0.05) is 40.7 Å². The van der Waals surface area contributed by atoms with Crippen molar-refractivity contribution in [2.75, 3.05) is 4.90 Å². The predicted molar refractivity (Wildman–Crippen MR) is 134 cm³/mol. The summed E-state index contributed by atoms with van der Waals surface area (Å²) in [6.45, 7) is 2.45. The van der Waals surface area contributed by atoms with E-state index in [0.717, 1.165) is 52.2 Å². The quantitative estimate of drug-likeness (QED) is 0.413. The Labute approximate surface area is 204 Å². The Bertz CT molecular complexity index is 1260. The molecule has 4 nitrogen and oxygen atoms in total. The Balaban J connectivity index is 1.42. The van der Waals surface area contributed by atoms with E-state index in [4.69, 9.17) is 16.3 Å². The van der Waals surface area contributed by atoms with Crippen molar-refractivity contribution in [2.45, 2.75) is 45.1 Å². The van der Waals surface area contributed by atoms with E-state index in [1.165, 1.54) is 0 Å². The fourth-order valence-corrected chi connectivity index (χ4v) is 5.01. The third-order valence-corrected chi connectivity index (χ3v) is 6.79. The molecule has 1 atom stereocenters. The van der Waals surface area contributed by atoms with E-state index in [-0.39, 0.29) is 24.0 Å². The fraction of sp³-hybridized carbons (Fsp3) is 0.241. The molecule has 5 heteroatoms. The van der Waals surface area contributed by atoms with Gasteiger partial charge in [-0.3, -0.25) is 14.5 Å². The van der Waals surface area contributed by atoms with Gasteiger partial charge in [-0.15, -0.1) is 0 Å². The van der Waals surface area contributed by atoms with Gasteiger partial charge in [-0.2, -0.15) is 0 Å². The lowest BCUT2D eigenvalue weighted by Gasteiger charge is -2.38. The lowest BCUT2D eigenvalue weighted by molar-refractivity contribution is -0.119. The molecule has 1 aliphatic carbocycles. The number of amides is 1. The number of ketones is 1. The lowest BCUT2D eigenvalue weighted by atomic mass is 9.77. The molecular formula is C29H26ClNO3. The SMILES string of the molecule is Cc1cccc(N2C(=O)CC(c3ccc(OCc4ccc(Cl)cc4)cc3)C3=C2CCCC3=O)c1. The maximum absolute atomic E-state index is 13.3. The van der Waals surface area contributed by atoms with Gasteiger partial charge in [0.1, 0.15) is 12.4 Å². The largest absolute Gasteiger partial charge is 0.489 e. The fourth-order valence-electron chi connectivity index (χ4n) is 4.89. The Morgan fingerprint density at radius 1 is 0.971 bits per heavy atom. The van der Waals surface area contributed by atoms with E-state index in [1.807, 2.05) is 79.7 Å². The first-order valence-electron chi connectivity index (χ1n) is 11.6. The average molecular weight is 472 g/mol. The van der Waals surface area contributed by atoms with Crippen LogP contribution in [0.5, 0.6) is 5.75 Å². The van der Waals surface area contributed by atoms with Gasteiger partial charge in [-0.1, -0.05) is 48.0 Å². The van der Waals surface area contributed by atoms with Gasteiger partial charge in [-0.05, 0) is 72.9 Å². The van der Waals surface area contributed by atoms with Gasteiger partial charge in [0.2, 0.25) is 5.91 Å². The highest BCUT2D eigenvalue weighted by Gasteiger charge is 2.39. The maximum atomic E-state index is 13.3. The van der Waals surface area contributed by atoms with Crippen molar-refractivity contribution >= 4 is 29.0 Å². The zero-order valence-electron chi connectivity index (χ0n) is 19.1. The molecule has 3 aromatic rings. The van der Waals surface area contributed by atoms with Crippen LogP contribution in [0.15, 0.2) is 84.1 Å². The van der Waals surface area contributed by atoms with Crippen LogP contribution in [0.25, 0.3) is 0 Å². The van der Waals surface area contributed by atoms with E-state index in [0.29, 0.717) is 18.1 Å². The molecule has 0 saturated heterocycles. The third kappa shape index (κ3) is 4.51. The zero-order valence-corrected chi connectivity index (χ0v) is 19.8. The highest BCUT2D eigenvalue weighted by atomic mass is 35.5. The monoisotopic (exact) mass is 471 g/mol. The summed E-state index contributed by atoms with van der Waals surface area (Å²) < 4.78 is 5.91. The molecule has 34 heavy (non-hydrogen) atoms. The molecule has 1 unspecified atom stereocenters. The van der Waals surface area contributed by atoms with Crippen molar-refractivity contribution in [3.63, 3.8) is 0 Å². The van der Waals surface area contributed by atoms with Gasteiger partial charge in [0.25, 0.3) is 0 Å². The number of halogens is 1. The summed E-state index contributed by atoms with van der Waals surface area (Å²) in [5.41, 5.74) is 5.60. The predicted octanol–water partition coefficient (Wildman–Crippen LogP) is 6.76. The van der Waals surface area contributed by atoms with E-state index < -0.39 is 0 Å². The highest BCUT2D eigenvalue weighted by Crippen LogP contribution is 2.43. The summed E-state index contributed by atoms with van der Waals surface area (Å²) in [5.74, 6) is 0.708. The Hall–Kier alpha value is -3.37. The molecule has 0 saturated carbocycles. The molecule has 0 spiro atoms. The number of aryl methyl sites for hydroxylation is 1. The number of ether oxygens (including phenoxy) is 1. The molecule has 0 bridgehead atoms. The van der Waals surface area contributed by atoms with Crippen LogP contribution in [0.4, 0.5) is 5.69 Å². The van der Waals surface area contributed by atoms with Crippen LogP contribution in [0, 0.1) is 6.92 Å². The number of carbonyl (C=O) groups is 2. The lowest BCUT2D eigenvalue weighted by Crippen LogP contribution is -2.40. The molecule has 1 heterocycles. The molecule has 0 radical (unpaired) electrons. The summed E-state index contributed by atoms with van der Waals surface area (Å²) in [7, 11) is 0. The Morgan fingerprint density at radius 2 is 1.74 bits per heavy atom. The summed E-state index contributed by atoms with van der Waals surface area (Å²) in [4.78, 5) is 28.2. The summed E-state index contributed by atoms with van der Waals surface area (Å²) >= 11 is 5.94. The minimum Gasteiger partial charge on any atom is -0.489 e. The van der Waals surface area contributed by atoms with Crippen LogP contribution in [-0.4, -0.2) is 11.7 Å². The van der Waals surface area contributed by atoms with Crippen molar-refractivity contribution in [3.8, 4) is 5.75 Å². The van der Waals surface area contributed by atoms with E-state index in [2.05, 4.69) is 0 Å².